The first-order valence-electron chi connectivity index (χ1n) is 6.04. The lowest BCUT2D eigenvalue weighted by atomic mass is 10.1. The third kappa shape index (κ3) is 3.22. The molecule has 0 radical (unpaired) electrons. The molecule has 0 aliphatic carbocycles. The summed E-state index contributed by atoms with van der Waals surface area (Å²) >= 11 is -1.41. The van der Waals surface area contributed by atoms with Crippen molar-refractivity contribution in [3.05, 3.63) is 45.6 Å². The molecule has 1 amide bonds. The lowest BCUT2D eigenvalue weighted by Gasteiger charge is -2.07. The highest BCUT2D eigenvalue weighted by Crippen LogP contribution is 2.25. The zero-order valence-corrected chi connectivity index (χ0v) is 13.2. The van der Waals surface area contributed by atoms with Crippen molar-refractivity contribution in [3.8, 4) is 6.07 Å². The van der Waals surface area contributed by atoms with Gasteiger partial charge < -0.3 is 9.87 Å². The number of thiophene rings is 1. The fraction of sp³-hybridized carbons (Fsp3) is 0.143. The minimum atomic E-state index is -2.40. The van der Waals surface area contributed by atoms with Crippen LogP contribution in [0.2, 0.25) is 0 Å². The maximum atomic E-state index is 13.6. The Bertz CT molecular complexity index is 824. The van der Waals surface area contributed by atoms with Crippen LogP contribution in [0.3, 0.4) is 0 Å². The minimum absolute atomic E-state index is 0.0654. The number of benzene rings is 1. The topological polar surface area (TPSA) is 93.0 Å². The molecule has 8 heteroatoms. The number of halogens is 1. The van der Waals surface area contributed by atoms with Crippen molar-refractivity contribution in [2.45, 2.75) is 18.1 Å². The Morgan fingerprint density at radius 3 is 2.64 bits per heavy atom. The molecule has 1 aromatic carbocycles. The number of aryl methyl sites for hydroxylation is 2. The van der Waals surface area contributed by atoms with Gasteiger partial charge in [0.05, 0.1) is 15.3 Å². The summed E-state index contributed by atoms with van der Waals surface area (Å²) in [4.78, 5) is 12.7. The first-order valence-corrected chi connectivity index (χ1v) is 7.94. The van der Waals surface area contributed by atoms with Gasteiger partial charge >= 0.3 is 0 Å². The molecule has 1 unspecified atom stereocenters. The quantitative estimate of drug-likeness (QED) is 0.872. The van der Waals surface area contributed by atoms with Crippen molar-refractivity contribution in [1.82, 2.24) is 0 Å². The molecule has 0 aliphatic heterocycles. The molecule has 0 bridgehead atoms. The molecule has 114 valence electrons. The molecule has 0 aliphatic rings. The van der Waals surface area contributed by atoms with Crippen LogP contribution in [0.5, 0.6) is 0 Å². The van der Waals surface area contributed by atoms with Crippen LogP contribution in [0.15, 0.2) is 22.4 Å². The van der Waals surface area contributed by atoms with Crippen LogP contribution in [0.4, 0.5) is 10.1 Å². The number of nitrogens with one attached hydrogen (secondary N) is 1. The van der Waals surface area contributed by atoms with E-state index in [2.05, 4.69) is 5.32 Å². The molecular formula is C14H10FN2O3S2-. The highest BCUT2D eigenvalue weighted by atomic mass is 32.2. The van der Waals surface area contributed by atoms with Gasteiger partial charge in [-0.3, -0.25) is 9.00 Å². The molecule has 0 saturated carbocycles. The Morgan fingerprint density at radius 2 is 2.09 bits per heavy atom. The van der Waals surface area contributed by atoms with Crippen molar-refractivity contribution in [1.29, 1.82) is 5.26 Å². The van der Waals surface area contributed by atoms with Gasteiger partial charge in [-0.1, -0.05) is 0 Å². The summed E-state index contributed by atoms with van der Waals surface area (Å²) in [5.74, 6) is -1.14. The normalized spacial score (nSPS) is 11.8. The van der Waals surface area contributed by atoms with Crippen molar-refractivity contribution in [2.24, 2.45) is 0 Å². The molecule has 1 atom stereocenters. The molecule has 2 aromatic rings. The van der Waals surface area contributed by atoms with Crippen LogP contribution in [-0.2, 0) is 11.1 Å². The summed E-state index contributed by atoms with van der Waals surface area (Å²) in [6.07, 6.45) is 0. The number of nitriles is 1. The molecule has 0 saturated heterocycles. The van der Waals surface area contributed by atoms with E-state index >= 15 is 0 Å². The Labute approximate surface area is 132 Å². The van der Waals surface area contributed by atoms with E-state index in [4.69, 9.17) is 5.26 Å². The van der Waals surface area contributed by atoms with Crippen LogP contribution in [-0.4, -0.2) is 14.7 Å². The lowest BCUT2D eigenvalue weighted by molar-refractivity contribution is 0.102. The van der Waals surface area contributed by atoms with Gasteiger partial charge in [0.1, 0.15) is 11.9 Å². The van der Waals surface area contributed by atoms with Crippen LogP contribution < -0.4 is 5.32 Å². The predicted molar refractivity (Wildman–Crippen MR) is 80.0 cm³/mol. The fourth-order valence-corrected chi connectivity index (χ4v) is 3.49. The van der Waals surface area contributed by atoms with E-state index in [1.54, 1.807) is 13.0 Å². The number of amides is 1. The van der Waals surface area contributed by atoms with Gasteiger partial charge in [0, 0.05) is 10.6 Å². The Morgan fingerprint density at radius 1 is 1.41 bits per heavy atom. The van der Waals surface area contributed by atoms with Gasteiger partial charge in [-0.15, -0.1) is 11.3 Å². The second-order valence-electron chi connectivity index (χ2n) is 4.49. The summed E-state index contributed by atoms with van der Waals surface area (Å²) in [6.45, 7) is 3.12. The van der Waals surface area contributed by atoms with E-state index in [9.17, 15) is 17.9 Å². The first-order chi connectivity index (χ1) is 10.3. The summed E-state index contributed by atoms with van der Waals surface area (Å²) in [5, 5.41) is 11.4. The molecular weight excluding hydrogens is 327 g/mol. The molecule has 22 heavy (non-hydrogen) atoms. The number of hydrogen-bond donors (Lipinski definition) is 1. The molecule has 1 N–H and O–H groups in total. The number of rotatable bonds is 3. The summed E-state index contributed by atoms with van der Waals surface area (Å²) < 4.78 is 35.5. The van der Waals surface area contributed by atoms with E-state index < -0.39 is 22.8 Å². The molecule has 0 fully saturated rings. The number of nitrogens with zero attached hydrogens (tertiary/aromatic N) is 1. The molecule has 0 spiro atoms. The van der Waals surface area contributed by atoms with Gasteiger partial charge in [0.2, 0.25) is 0 Å². The second kappa shape index (κ2) is 6.36. The standard InChI is InChI=1S/C14H11FN2O3S2/c1-7-3-10(4-9(6-16)13(7)15)17-14(18)11-5-12(22(19)20)21-8(11)2/h3-5H,1-2H3,(H,17,18)(H,19,20)/p-1. The summed E-state index contributed by atoms with van der Waals surface area (Å²) in [7, 11) is 0. The Balaban J connectivity index is 2.32. The van der Waals surface area contributed by atoms with Gasteiger partial charge in [-0.05, 0) is 48.7 Å². The van der Waals surface area contributed by atoms with E-state index in [0.717, 1.165) is 11.3 Å². The van der Waals surface area contributed by atoms with Crippen LogP contribution in [0.1, 0.15) is 26.4 Å². The second-order valence-corrected chi connectivity index (χ2v) is 6.91. The van der Waals surface area contributed by atoms with E-state index in [1.807, 2.05) is 0 Å². The smallest absolute Gasteiger partial charge is 0.256 e. The van der Waals surface area contributed by atoms with Gasteiger partial charge in [-0.2, -0.15) is 5.26 Å². The van der Waals surface area contributed by atoms with Crippen LogP contribution >= 0.6 is 11.3 Å². The van der Waals surface area contributed by atoms with E-state index in [-0.39, 0.29) is 26.6 Å². The van der Waals surface area contributed by atoms with Crippen molar-refractivity contribution in [3.63, 3.8) is 0 Å². The number of hydrogen-bond acceptors (Lipinski definition) is 5. The average molecular weight is 337 g/mol. The highest BCUT2D eigenvalue weighted by Gasteiger charge is 2.15. The SMILES string of the molecule is Cc1cc(NC(=O)c2cc(S(=O)[O-])sc2C)cc(C#N)c1F. The number of carbonyl (C=O) groups is 1. The van der Waals surface area contributed by atoms with Gasteiger partial charge in [0.25, 0.3) is 5.91 Å². The third-order valence-electron chi connectivity index (χ3n) is 2.94. The summed E-state index contributed by atoms with van der Waals surface area (Å²) in [5.41, 5.74) is 0.567. The highest BCUT2D eigenvalue weighted by molar-refractivity contribution is 7.81. The molecule has 5 nitrogen and oxygen atoms in total. The largest absolute Gasteiger partial charge is 0.768 e. The molecule has 2 rings (SSSR count). The van der Waals surface area contributed by atoms with Crippen molar-refractivity contribution >= 4 is 34.0 Å². The van der Waals surface area contributed by atoms with Gasteiger partial charge in [-0.25, -0.2) is 4.39 Å². The maximum Gasteiger partial charge on any atom is 0.256 e. The lowest BCUT2D eigenvalue weighted by Crippen LogP contribution is -2.12. The Kier molecular flexibility index (Phi) is 4.71. The molecule has 1 heterocycles. The minimum Gasteiger partial charge on any atom is -0.768 e. The van der Waals surface area contributed by atoms with Gasteiger partial charge in [0.15, 0.2) is 0 Å². The maximum absolute atomic E-state index is 13.6. The fourth-order valence-electron chi connectivity index (χ4n) is 1.88. The number of anilines is 1. The zero-order chi connectivity index (χ0) is 16.4. The van der Waals surface area contributed by atoms with Crippen molar-refractivity contribution < 1.29 is 17.9 Å². The first kappa shape index (κ1) is 16.3. The molecule has 1 aromatic heterocycles. The van der Waals surface area contributed by atoms with Crippen LogP contribution in [0, 0.1) is 31.0 Å². The van der Waals surface area contributed by atoms with Crippen LogP contribution in [0.25, 0.3) is 0 Å². The number of carbonyl (C=O) groups excluding carboxylic acids is 1. The van der Waals surface area contributed by atoms with Crippen molar-refractivity contribution in [2.75, 3.05) is 5.32 Å². The average Bonchev–Trinajstić information content (AvgIpc) is 2.85. The third-order valence-corrected chi connectivity index (χ3v) is 4.89. The van der Waals surface area contributed by atoms with E-state index in [1.165, 1.54) is 25.1 Å². The van der Waals surface area contributed by atoms with E-state index in [0.29, 0.717) is 4.88 Å². The predicted octanol–water partition coefficient (Wildman–Crippen LogP) is 2.87. The monoisotopic (exact) mass is 337 g/mol. The zero-order valence-electron chi connectivity index (χ0n) is 11.6. The summed E-state index contributed by atoms with van der Waals surface area (Å²) in [6, 6.07) is 5.63. The Hall–Kier alpha value is -2.08.